The van der Waals surface area contributed by atoms with E-state index in [1.807, 2.05) is 67.5 Å². The molecule has 1 aliphatic rings. The molecule has 0 N–H and O–H groups in total. The molecule has 3 rings (SSSR count). The normalized spacial score (nSPS) is 15.5. The van der Waals surface area contributed by atoms with Crippen molar-refractivity contribution in [3.8, 4) is 5.75 Å². The van der Waals surface area contributed by atoms with Crippen LogP contribution in [0.1, 0.15) is 5.56 Å². The highest BCUT2D eigenvalue weighted by atomic mass is 79.9. The molecule has 0 spiro atoms. The second kappa shape index (κ2) is 8.63. The lowest BCUT2D eigenvalue weighted by Crippen LogP contribution is -2.32. The molecular formula is C20H19BrN2O3S. The summed E-state index contributed by atoms with van der Waals surface area (Å²) in [6.45, 7) is 0.474. The van der Waals surface area contributed by atoms with Crippen LogP contribution in [-0.4, -0.2) is 43.3 Å². The summed E-state index contributed by atoms with van der Waals surface area (Å²) >= 11 is 4.33. The third kappa shape index (κ3) is 4.93. The topological polar surface area (TPSA) is 49.9 Å². The number of ether oxygens (including phenoxy) is 1. The molecule has 7 heteroatoms. The summed E-state index contributed by atoms with van der Waals surface area (Å²) < 4.78 is 6.57. The molecule has 1 aliphatic heterocycles. The molecule has 0 saturated carbocycles. The number of carbonyl (C=O) groups is 2. The van der Waals surface area contributed by atoms with Gasteiger partial charge < -0.3 is 9.64 Å². The van der Waals surface area contributed by atoms with Gasteiger partial charge in [0, 0.05) is 24.3 Å². The first-order valence-corrected chi connectivity index (χ1v) is 9.96. The highest BCUT2D eigenvalue weighted by Crippen LogP contribution is 2.32. The second-order valence-electron chi connectivity index (χ2n) is 6.12. The van der Waals surface area contributed by atoms with E-state index < -0.39 is 0 Å². The van der Waals surface area contributed by atoms with E-state index in [1.54, 1.807) is 6.08 Å². The zero-order valence-corrected chi connectivity index (χ0v) is 17.4. The molecular weight excluding hydrogens is 428 g/mol. The quantitative estimate of drug-likeness (QED) is 0.605. The van der Waals surface area contributed by atoms with Crippen LogP contribution >= 0.6 is 27.7 Å². The van der Waals surface area contributed by atoms with Gasteiger partial charge in [0.05, 0.1) is 11.4 Å². The maximum absolute atomic E-state index is 12.5. The SMILES string of the molecule is CN(C)c1ccc(C=C2SC(=O)N(CCOc3ccc(Br)cc3)C2=O)cc1. The summed E-state index contributed by atoms with van der Waals surface area (Å²) in [5, 5.41) is -0.268. The summed E-state index contributed by atoms with van der Waals surface area (Å²) in [6.07, 6.45) is 1.75. The maximum atomic E-state index is 12.5. The van der Waals surface area contributed by atoms with Crippen molar-refractivity contribution in [3.05, 3.63) is 63.5 Å². The van der Waals surface area contributed by atoms with Crippen molar-refractivity contribution in [2.24, 2.45) is 0 Å². The van der Waals surface area contributed by atoms with Gasteiger partial charge in [-0.25, -0.2) is 0 Å². The minimum atomic E-state index is -0.277. The fourth-order valence-corrected chi connectivity index (χ4v) is 3.63. The minimum absolute atomic E-state index is 0.220. The predicted octanol–water partition coefficient (Wildman–Crippen LogP) is 4.63. The van der Waals surface area contributed by atoms with E-state index >= 15 is 0 Å². The number of halogens is 1. The van der Waals surface area contributed by atoms with E-state index in [4.69, 9.17) is 4.74 Å². The lowest BCUT2D eigenvalue weighted by molar-refractivity contribution is -0.123. The average Bonchev–Trinajstić information content (AvgIpc) is 2.91. The monoisotopic (exact) mass is 446 g/mol. The van der Waals surface area contributed by atoms with Crippen LogP contribution in [0.4, 0.5) is 10.5 Å². The number of rotatable bonds is 6. The summed E-state index contributed by atoms with van der Waals surface area (Å²) in [7, 11) is 3.94. The van der Waals surface area contributed by atoms with E-state index in [-0.39, 0.29) is 24.3 Å². The summed E-state index contributed by atoms with van der Waals surface area (Å²) in [5.74, 6) is 0.419. The number of nitrogens with zero attached hydrogens (tertiary/aromatic N) is 2. The van der Waals surface area contributed by atoms with E-state index in [0.717, 1.165) is 27.5 Å². The Balaban J connectivity index is 1.61. The molecule has 2 amide bonds. The molecule has 2 aromatic rings. The highest BCUT2D eigenvalue weighted by molar-refractivity contribution is 9.10. The Kier molecular flexibility index (Phi) is 6.23. The minimum Gasteiger partial charge on any atom is -0.492 e. The van der Waals surface area contributed by atoms with Crippen molar-refractivity contribution < 1.29 is 14.3 Å². The molecule has 0 atom stereocenters. The third-order valence-electron chi connectivity index (χ3n) is 3.98. The number of hydrogen-bond acceptors (Lipinski definition) is 5. The van der Waals surface area contributed by atoms with Crippen LogP contribution in [0.25, 0.3) is 6.08 Å². The van der Waals surface area contributed by atoms with Crippen LogP contribution in [0.5, 0.6) is 5.75 Å². The van der Waals surface area contributed by atoms with Crippen molar-refractivity contribution in [2.45, 2.75) is 0 Å². The van der Waals surface area contributed by atoms with Gasteiger partial charge in [-0.05, 0) is 59.8 Å². The first kappa shape index (κ1) is 19.5. The Morgan fingerprint density at radius 3 is 2.37 bits per heavy atom. The van der Waals surface area contributed by atoms with Gasteiger partial charge in [0.1, 0.15) is 12.4 Å². The Bertz CT molecular complexity index is 864. The lowest BCUT2D eigenvalue weighted by Gasteiger charge is -2.13. The molecule has 0 radical (unpaired) electrons. The Morgan fingerprint density at radius 2 is 1.74 bits per heavy atom. The maximum Gasteiger partial charge on any atom is 0.293 e. The van der Waals surface area contributed by atoms with Crippen LogP contribution in [0, 0.1) is 0 Å². The highest BCUT2D eigenvalue weighted by Gasteiger charge is 2.34. The smallest absolute Gasteiger partial charge is 0.293 e. The Hall–Kier alpha value is -2.25. The van der Waals surface area contributed by atoms with Gasteiger partial charge in [0.2, 0.25) is 0 Å². The first-order chi connectivity index (χ1) is 12.9. The van der Waals surface area contributed by atoms with Gasteiger partial charge in [0.25, 0.3) is 11.1 Å². The van der Waals surface area contributed by atoms with Gasteiger partial charge in [0.15, 0.2) is 0 Å². The predicted molar refractivity (Wildman–Crippen MR) is 113 cm³/mol. The van der Waals surface area contributed by atoms with Crippen LogP contribution < -0.4 is 9.64 Å². The van der Waals surface area contributed by atoms with Gasteiger partial charge >= 0.3 is 0 Å². The van der Waals surface area contributed by atoms with Crippen LogP contribution in [0.3, 0.4) is 0 Å². The fraction of sp³-hybridized carbons (Fsp3) is 0.200. The summed E-state index contributed by atoms with van der Waals surface area (Å²) in [4.78, 5) is 28.4. The van der Waals surface area contributed by atoms with Gasteiger partial charge in [-0.15, -0.1) is 0 Å². The first-order valence-electron chi connectivity index (χ1n) is 8.35. The van der Waals surface area contributed by atoms with Crippen molar-refractivity contribution in [2.75, 3.05) is 32.1 Å². The lowest BCUT2D eigenvalue weighted by atomic mass is 10.2. The molecule has 0 aliphatic carbocycles. The molecule has 2 aromatic carbocycles. The number of benzene rings is 2. The average molecular weight is 447 g/mol. The van der Waals surface area contributed by atoms with E-state index in [9.17, 15) is 9.59 Å². The van der Waals surface area contributed by atoms with Crippen LogP contribution in [-0.2, 0) is 4.79 Å². The molecule has 27 heavy (non-hydrogen) atoms. The number of carbonyl (C=O) groups excluding carboxylic acids is 2. The van der Waals surface area contributed by atoms with E-state index in [0.29, 0.717) is 10.7 Å². The molecule has 140 valence electrons. The van der Waals surface area contributed by atoms with E-state index in [1.165, 1.54) is 4.90 Å². The van der Waals surface area contributed by atoms with Gasteiger partial charge in [-0.1, -0.05) is 28.1 Å². The van der Waals surface area contributed by atoms with Gasteiger partial charge in [-0.2, -0.15) is 0 Å². The standard InChI is InChI=1S/C20H19BrN2O3S/c1-22(2)16-7-3-14(4-8-16)13-18-19(24)23(20(25)27-18)11-12-26-17-9-5-15(21)6-10-17/h3-10,13H,11-12H2,1-2H3. The van der Waals surface area contributed by atoms with Crippen molar-refractivity contribution in [3.63, 3.8) is 0 Å². The van der Waals surface area contributed by atoms with Crippen molar-refractivity contribution in [1.82, 2.24) is 4.90 Å². The number of thioether (sulfide) groups is 1. The molecule has 1 heterocycles. The van der Waals surface area contributed by atoms with Crippen molar-refractivity contribution in [1.29, 1.82) is 0 Å². The van der Waals surface area contributed by atoms with E-state index in [2.05, 4.69) is 15.9 Å². The molecule has 5 nitrogen and oxygen atoms in total. The molecule has 1 fully saturated rings. The zero-order chi connectivity index (χ0) is 19.4. The van der Waals surface area contributed by atoms with Crippen molar-refractivity contribution >= 4 is 50.6 Å². The van der Waals surface area contributed by atoms with Gasteiger partial charge in [-0.3, -0.25) is 14.5 Å². The number of imide groups is 1. The van der Waals surface area contributed by atoms with Crippen LogP contribution in [0.15, 0.2) is 57.9 Å². The molecule has 0 unspecified atom stereocenters. The number of amides is 2. The zero-order valence-electron chi connectivity index (χ0n) is 15.0. The second-order valence-corrected chi connectivity index (χ2v) is 8.03. The summed E-state index contributed by atoms with van der Waals surface area (Å²) in [5.41, 5.74) is 1.96. The molecule has 0 aromatic heterocycles. The third-order valence-corrected chi connectivity index (χ3v) is 5.41. The number of hydrogen-bond donors (Lipinski definition) is 0. The number of anilines is 1. The summed E-state index contributed by atoms with van der Waals surface area (Å²) in [6, 6.07) is 15.2. The largest absolute Gasteiger partial charge is 0.492 e. The Labute approximate surface area is 171 Å². The molecule has 0 bridgehead atoms. The van der Waals surface area contributed by atoms with Crippen LogP contribution in [0.2, 0.25) is 0 Å². The molecule has 1 saturated heterocycles. The Morgan fingerprint density at radius 1 is 1.07 bits per heavy atom. The fourth-order valence-electron chi connectivity index (χ4n) is 2.50.